The van der Waals surface area contributed by atoms with Crippen LogP contribution in [0.4, 0.5) is 0 Å². The molecule has 2 heterocycles. The van der Waals surface area contributed by atoms with Crippen molar-refractivity contribution in [3.63, 3.8) is 0 Å². The standard InChI is InChI=1S/C19H24N6O/c1-2-20-19(21-10-6-12-25-13-7-11-23-25)22-15-17-14-18(26-24-17)16-8-4-3-5-9-16/h3-5,7-9,11,13-14H,2,6,10,12,15H2,1H3,(H2,20,21,22). The second-order valence-corrected chi connectivity index (χ2v) is 5.79. The summed E-state index contributed by atoms with van der Waals surface area (Å²) in [6.07, 6.45) is 4.73. The number of hydrogen-bond acceptors (Lipinski definition) is 4. The third-order valence-electron chi connectivity index (χ3n) is 3.78. The van der Waals surface area contributed by atoms with E-state index in [1.54, 1.807) is 6.20 Å². The van der Waals surface area contributed by atoms with Crippen molar-refractivity contribution in [3.05, 3.63) is 60.6 Å². The van der Waals surface area contributed by atoms with Gasteiger partial charge in [-0.05, 0) is 19.4 Å². The first-order valence-corrected chi connectivity index (χ1v) is 8.86. The Balaban J connectivity index is 1.51. The minimum Gasteiger partial charge on any atom is -0.357 e. The van der Waals surface area contributed by atoms with Gasteiger partial charge in [-0.1, -0.05) is 35.5 Å². The highest BCUT2D eigenvalue weighted by Crippen LogP contribution is 2.19. The van der Waals surface area contributed by atoms with Gasteiger partial charge < -0.3 is 15.2 Å². The number of rotatable bonds is 8. The van der Waals surface area contributed by atoms with Gasteiger partial charge in [-0.25, -0.2) is 4.99 Å². The lowest BCUT2D eigenvalue weighted by molar-refractivity contribution is 0.424. The number of guanidine groups is 1. The third kappa shape index (κ3) is 5.20. The Morgan fingerprint density at radius 3 is 2.85 bits per heavy atom. The van der Waals surface area contributed by atoms with Crippen LogP contribution >= 0.6 is 0 Å². The summed E-state index contributed by atoms with van der Waals surface area (Å²) in [4.78, 5) is 4.57. The van der Waals surface area contributed by atoms with Crippen molar-refractivity contribution >= 4 is 5.96 Å². The van der Waals surface area contributed by atoms with E-state index in [-0.39, 0.29) is 0 Å². The van der Waals surface area contributed by atoms with Crippen LogP contribution in [0.3, 0.4) is 0 Å². The van der Waals surface area contributed by atoms with E-state index in [1.807, 2.05) is 60.3 Å². The molecule has 7 nitrogen and oxygen atoms in total. The van der Waals surface area contributed by atoms with Crippen molar-refractivity contribution in [3.8, 4) is 11.3 Å². The first kappa shape index (κ1) is 17.7. The van der Waals surface area contributed by atoms with Crippen molar-refractivity contribution in [2.75, 3.05) is 13.1 Å². The quantitative estimate of drug-likeness (QED) is 0.370. The number of hydrogen-bond donors (Lipinski definition) is 2. The molecular formula is C19H24N6O. The highest BCUT2D eigenvalue weighted by Gasteiger charge is 2.06. The maximum absolute atomic E-state index is 5.41. The van der Waals surface area contributed by atoms with Gasteiger partial charge in [0.1, 0.15) is 5.69 Å². The number of benzene rings is 1. The monoisotopic (exact) mass is 352 g/mol. The first-order chi connectivity index (χ1) is 12.8. The summed E-state index contributed by atoms with van der Waals surface area (Å²) in [5.74, 6) is 1.53. The fourth-order valence-electron chi connectivity index (χ4n) is 2.51. The van der Waals surface area contributed by atoms with Gasteiger partial charge in [-0.15, -0.1) is 0 Å². The smallest absolute Gasteiger partial charge is 0.191 e. The van der Waals surface area contributed by atoms with E-state index in [9.17, 15) is 0 Å². The second kappa shape index (κ2) is 9.41. The zero-order chi connectivity index (χ0) is 18.0. The summed E-state index contributed by atoms with van der Waals surface area (Å²) in [6, 6.07) is 13.8. The van der Waals surface area contributed by atoms with E-state index in [1.165, 1.54) is 0 Å². The molecule has 3 aromatic rings. The SMILES string of the molecule is CCNC(=NCc1cc(-c2ccccc2)on1)NCCCn1cccn1. The van der Waals surface area contributed by atoms with Gasteiger partial charge in [0.2, 0.25) is 0 Å². The molecule has 0 aliphatic carbocycles. The summed E-state index contributed by atoms with van der Waals surface area (Å²) in [7, 11) is 0. The maximum Gasteiger partial charge on any atom is 0.191 e. The van der Waals surface area contributed by atoms with Gasteiger partial charge in [-0.3, -0.25) is 4.68 Å². The van der Waals surface area contributed by atoms with E-state index in [2.05, 4.69) is 25.9 Å². The van der Waals surface area contributed by atoms with Gasteiger partial charge in [0, 0.05) is 43.7 Å². The molecule has 26 heavy (non-hydrogen) atoms. The molecule has 0 bridgehead atoms. The van der Waals surface area contributed by atoms with Crippen LogP contribution in [0.5, 0.6) is 0 Å². The Morgan fingerprint density at radius 2 is 2.08 bits per heavy atom. The average Bonchev–Trinajstić information content (AvgIpc) is 3.36. The summed E-state index contributed by atoms with van der Waals surface area (Å²) in [5.41, 5.74) is 1.82. The van der Waals surface area contributed by atoms with Crippen molar-refractivity contribution < 1.29 is 4.52 Å². The molecule has 0 fully saturated rings. The molecule has 0 saturated carbocycles. The molecule has 0 amide bonds. The van der Waals surface area contributed by atoms with Gasteiger partial charge in [0.05, 0.1) is 6.54 Å². The highest BCUT2D eigenvalue weighted by atomic mass is 16.5. The molecule has 2 aromatic heterocycles. The van der Waals surface area contributed by atoms with Crippen molar-refractivity contribution in [2.45, 2.75) is 26.4 Å². The molecule has 1 aromatic carbocycles. The number of aliphatic imine (C=N–C) groups is 1. The van der Waals surface area contributed by atoms with Crippen LogP contribution in [0.25, 0.3) is 11.3 Å². The zero-order valence-corrected chi connectivity index (χ0v) is 14.9. The lowest BCUT2D eigenvalue weighted by Gasteiger charge is -2.10. The molecule has 3 rings (SSSR count). The third-order valence-corrected chi connectivity index (χ3v) is 3.78. The van der Waals surface area contributed by atoms with Crippen LogP contribution in [0.15, 0.2) is 64.4 Å². The second-order valence-electron chi connectivity index (χ2n) is 5.79. The van der Waals surface area contributed by atoms with Crippen LogP contribution in [0.2, 0.25) is 0 Å². The van der Waals surface area contributed by atoms with Gasteiger partial charge in [0.15, 0.2) is 11.7 Å². The van der Waals surface area contributed by atoms with Gasteiger partial charge >= 0.3 is 0 Å². The maximum atomic E-state index is 5.41. The van der Waals surface area contributed by atoms with Crippen LogP contribution in [0, 0.1) is 0 Å². The lowest BCUT2D eigenvalue weighted by Crippen LogP contribution is -2.38. The summed E-state index contributed by atoms with van der Waals surface area (Å²) in [6.45, 7) is 5.01. The van der Waals surface area contributed by atoms with Crippen LogP contribution < -0.4 is 10.6 Å². The Labute approximate surface area is 153 Å². The van der Waals surface area contributed by atoms with Crippen molar-refractivity contribution in [2.24, 2.45) is 4.99 Å². The molecule has 2 N–H and O–H groups in total. The Morgan fingerprint density at radius 1 is 1.19 bits per heavy atom. The number of nitrogens with one attached hydrogen (secondary N) is 2. The van der Waals surface area contributed by atoms with Crippen LogP contribution in [0.1, 0.15) is 19.0 Å². The van der Waals surface area contributed by atoms with E-state index in [0.29, 0.717) is 6.54 Å². The molecule has 0 aliphatic heterocycles. The van der Waals surface area contributed by atoms with Crippen LogP contribution in [-0.2, 0) is 13.1 Å². The Hall–Kier alpha value is -3.09. The first-order valence-electron chi connectivity index (χ1n) is 8.86. The molecule has 0 radical (unpaired) electrons. The number of nitrogens with zero attached hydrogens (tertiary/aromatic N) is 4. The summed E-state index contributed by atoms with van der Waals surface area (Å²) < 4.78 is 7.34. The molecule has 0 saturated heterocycles. The van der Waals surface area contributed by atoms with Gasteiger partial charge in [0.25, 0.3) is 0 Å². The Bertz CT molecular complexity index is 795. The topological polar surface area (TPSA) is 80.3 Å². The van der Waals surface area contributed by atoms with Gasteiger partial charge in [-0.2, -0.15) is 5.10 Å². The highest BCUT2D eigenvalue weighted by molar-refractivity contribution is 5.79. The predicted octanol–water partition coefficient (Wildman–Crippen LogP) is 2.68. The van der Waals surface area contributed by atoms with E-state index in [4.69, 9.17) is 4.52 Å². The minimum atomic E-state index is 0.463. The van der Waals surface area contributed by atoms with Crippen molar-refractivity contribution in [1.29, 1.82) is 0 Å². The average molecular weight is 352 g/mol. The zero-order valence-electron chi connectivity index (χ0n) is 14.9. The molecule has 7 heteroatoms. The predicted molar refractivity (Wildman–Crippen MR) is 102 cm³/mol. The molecule has 0 spiro atoms. The molecular weight excluding hydrogens is 328 g/mol. The number of aromatic nitrogens is 3. The summed E-state index contributed by atoms with van der Waals surface area (Å²) in [5, 5.41) is 14.9. The number of aryl methyl sites for hydroxylation is 1. The lowest BCUT2D eigenvalue weighted by atomic mass is 10.2. The fourth-order valence-corrected chi connectivity index (χ4v) is 2.51. The van der Waals surface area contributed by atoms with Crippen LogP contribution in [-0.4, -0.2) is 34.0 Å². The molecule has 136 valence electrons. The van der Waals surface area contributed by atoms with E-state index < -0.39 is 0 Å². The summed E-state index contributed by atoms with van der Waals surface area (Å²) >= 11 is 0. The Kier molecular flexibility index (Phi) is 6.41. The van der Waals surface area contributed by atoms with E-state index >= 15 is 0 Å². The van der Waals surface area contributed by atoms with Crippen molar-refractivity contribution in [1.82, 2.24) is 25.6 Å². The normalized spacial score (nSPS) is 11.5. The molecule has 0 atom stereocenters. The fraction of sp³-hybridized carbons (Fsp3) is 0.316. The minimum absolute atomic E-state index is 0.463. The largest absolute Gasteiger partial charge is 0.357 e. The van der Waals surface area contributed by atoms with E-state index in [0.717, 1.165) is 49.0 Å². The molecule has 0 unspecified atom stereocenters. The molecule has 0 aliphatic rings.